The third-order valence-corrected chi connectivity index (χ3v) is 5.15. The van der Waals surface area contributed by atoms with Crippen molar-refractivity contribution in [2.24, 2.45) is 0 Å². The van der Waals surface area contributed by atoms with Gasteiger partial charge in [0.1, 0.15) is 5.60 Å². The minimum absolute atomic E-state index is 0.0844. The van der Waals surface area contributed by atoms with E-state index in [1.54, 1.807) is 27.7 Å². The molecule has 1 aliphatic rings. The molecule has 1 aromatic heterocycles. The number of rotatable bonds is 3. The summed E-state index contributed by atoms with van der Waals surface area (Å²) in [5.41, 5.74) is -0.626. The van der Waals surface area contributed by atoms with Crippen molar-refractivity contribution >= 4 is 45.5 Å². The highest BCUT2D eigenvalue weighted by atomic mass is 35.5. The second-order valence-electron chi connectivity index (χ2n) is 6.68. The van der Waals surface area contributed by atoms with E-state index in [1.165, 1.54) is 9.21 Å². The Bertz CT molecular complexity index is 765. The Balaban J connectivity index is 2.06. The number of carbonyl (C=O) groups is 1. The van der Waals surface area contributed by atoms with Crippen molar-refractivity contribution in [2.75, 3.05) is 24.4 Å². The monoisotopic (exact) mass is 426 g/mol. The number of piperazine rings is 1. The molecule has 0 unspecified atom stereocenters. The van der Waals surface area contributed by atoms with Crippen molar-refractivity contribution in [2.45, 2.75) is 39.3 Å². The third kappa shape index (κ3) is 5.53. The van der Waals surface area contributed by atoms with Crippen LogP contribution in [0.2, 0.25) is 10.6 Å². The molecule has 0 radical (unpaired) electrons. The molecule has 1 atom stereocenters. The maximum Gasteiger partial charge on any atom is 0.410 e. The molecular weight excluding hydrogens is 407 g/mol. The van der Waals surface area contributed by atoms with E-state index < -0.39 is 21.9 Å². The Morgan fingerprint density at radius 1 is 1.19 bits per heavy atom. The Hall–Kier alpha value is -1.43. The lowest BCUT2D eigenvalue weighted by Gasteiger charge is -2.39. The summed E-state index contributed by atoms with van der Waals surface area (Å²) in [6.07, 6.45) is -0.481. The highest BCUT2D eigenvalue weighted by molar-refractivity contribution is 7.90. The van der Waals surface area contributed by atoms with Crippen LogP contribution >= 0.6 is 23.2 Å². The van der Waals surface area contributed by atoms with Crippen LogP contribution in [0.25, 0.3) is 0 Å². The second-order valence-corrected chi connectivity index (χ2v) is 9.03. The molecular formula is C13H20Cl2N6O4S. The van der Waals surface area contributed by atoms with Gasteiger partial charge in [-0.15, -0.1) is 0 Å². The topological polar surface area (TPSA) is 118 Å². The fourth-order valence-electron chi connectivity index (χ4n) is 2.29. The maximum absolute atomic E-state index is 12.5. The Labute approximate surface area is 162 Å². The Morgan fingerprint density at radius 2 is 1.77 bits per heavy atom. The van der Waals surface area contributed by atoms with Crippen molar-refractivity contribution in [3.8, 4) is 0 Å². The van der Waals surface area contributed by atoms with Crippen LogP contribution in [0.4, 0.5) is 10.7 Å². The minimum atomic E-state index is -3.95. The van der Waals surface area contributed by atoms with Gasteiger partial charge in [-0.25, -0.2) is 9.52 Å². The van der Waals surface area contributed by atoms with Crippen molar-refractivity contribution in [3.63, 3.8) is 0 Å². The van der Waals surface area contributed by atoms with Crippen molar-refractivity contribution in [1.82, 2.24) is 24.2 Å². The van der Waals surface area contributed by atoms with Gasteiger partial charge in [0.25, 0.3) is 0 Å². The summed E-state index contributed by atoms with van der Waals surface area (Å²) < 4.78 is 33.8. The number of anilines is 1. The van der Waals surface area contributed by atoms with Crippen LogP contribution in [0.1, 0.15) is 27.7 Å². The van der Waals surface area contributed by atoms with E-state index in [2.05, 4.69) is 19.7 Å². The predicted octanol–water partition coefficient (Wildman–Crippen LogP) is 1.78. The first-order chi connectivity index (χ1) is 11.9. The molecule has 1 N–H and O–H groups in total. The Kier molecular flexibility index (Phi) is 6.16. The molecule has 0 aromatic carbocycles. The fraction of sp³-hybridized carbons (Fsp3) is 0.692. The summed E-state index contributed by atoms with van der Waals surface area (Å²) in [5.74, 6) is -0.280. The average molecular weight is 427 g/mol. The zero-order valence-corrected chi connectivity index (χ0v) is 17.1. The highest BCUT2D eigenvalue weighted by Crippen LogP contribution is 2.19. The van der Waals surface area contributed by atoms with E-state index in [4.69, 9.17) is 27.9 Å². The van der Waals surface area contributed by atoms with Gasteiger partial charge in [-0.05, 0) is 50.9 Å². The van der Waals surface area contributed by atoms with E-state index in [0.717, 1.165) is 0 Å². The molecule has 146 valence electrons. The first kappa shape index (κ1) is 20.9. The summed E-state index contributed by atoms with van der Waals surface area (Å²) in [5, 5.41) is -0.461. The molecule has 1 aromatic rings. The second kappa shape index (κ2) is 7.67. The smallest absolute Gasteiger partial charge is 0.410 e. The van der Waals surface area contributed by atoms with E-state index in [-0.39, 0.29) is 42.2 Å². The van der Waals surface area contributed by atoms with Gasteiger partial charge in [0.05, 0.1) is 0 Å². The number of ether oxygens (including phenoxy) is 1. The molecule has 0 bridgehead atoms. The van der Waals surface area contributed by atoms with Crippen molar-refractivity contribution in [1.29, 1.82) is 0 Å². The zero-order valence-electron chi connectivity index (χ0n) is 14.7. The van der Waals surface area contributed by atoms with Gasteiger partial charge in [-0.1, -0.05) is 0 Å². The van der Waals surface area contributed by atoms with Crippen LogP contribution in [0, 0.1) is 0 Å². The van der Waals surface area contributed by atoms with Crippen LogP contribution < -0.4 is 4.72 Å². The molecule has 1 saturated heterocycles. The lowest BCUT2D eigenvalue weighted by molar-refractivity contribution is 0.00863. The number of hydrogen-bond donors (Lipinski definition) is 1. The predicted molar refractivity (Wildman–Crippen MR) is 96.4 cm³/mol. The van der Waals surface area contributed by atoms with E-state index in [0.29, 0.717) is 0 Å². The molecule has 1 amide bonds. The molecule has 10 nitrogen and oxygen atoms in total. The van der Waals surface area contributed by atoms with Gasteiger partial charge in [-0.3, -0.25) is 0 Å². The summed E-state index contributed by atoms with van der Waals surface area (Å²) in [6.45, 7) is 7.41. The molecule has 1 aliphatic heterocycles. The van der Waals surface area contributed by atoms with Crippen molar-refractivity contribution in [3.05, 3.63) is 10.6 Å². The average Bonchev–Trinajstić information content (AvgIpc) is 2.43. The maximum atomic E-state index is 12.5. The first-order valence-electron chi connectivity index (χ1n) is 7.72. The van der Waals surface area contributed by atoms with Crippen molar-refractivity contribution < 1.29 is 17.9 Å². The van der Waals surface area contributed by atoms with Gasteiger partial charge in [0, 0.05) is 25.7 Å². The van der Waals surface area contributed by atoms with Crippen LogP contribution in [-0.2, 0) is 14.9 Å². The van der Waals surface area contributed by atoms with Crippen LogP contribution in [0.15, 0.2) is 0 Å². The number of nitrogens with zero attached hydrogens (tertiary/aromatic N) is 5. The van der Waals surface area contributed by atoms with Crippen LogP contribution in [-0.4, -0.2) is 69.9 Å². The molecule has 0 saturated carbocycles. The van der Waals surface area contributed by atoms with Gasteiger partial charge < -0.3 is 9.64 Å². The highest BCUT2D eigenvalue weighted by Gasteiger charge is 2.35. The largest absolute Gasteiger partial charge is 0.444 e. The van der Waals surface area contributed by atoms with Crippen LogP contribution in [0.5, 0.6) is 0 Å². The normalized spacial score (nSPS) is 19.3. The van der Waals surface area contributed by atoms with Crippen LogP contribution in [0.3, 0.4) is 0 Å². The molecule has 1 fully saturated rings. The minimum Gasteiger partial charge on any atom is -0.444 e. The SMILES string of the molecule is C[C@H]1CN(S(=O)(=O)Nc2nc(Cl)nc(Cl)n2)CCN1C(=O)OC(C)(C)C. The molecule has 0 aliphatic carbocycles. The molecule has 2 heterocycles. The van der Waals surface area contributed by atoms with Gasteiger partial charge in [0.15, 0.2) is 0 Å². The van der Waals surface area contributed by atoms with E-state index in [1.807, 2.05) is 0 Å². The summed E-state index contributed by atoms with van der Waals surface area (Å²) in [7, 11) is -3.95. The lowest BCUT2D eigenvalue weighted by Crippen LogP contribution is -2.57. The fourth-order valence-corrected chi connectivity index (χ4v) is 3.83. The number of nitrogens with one attached hydrogen (secondary N) is 1. The number of amides is 1. The summed E-state index contributed by atoms with van der Waals surface area (Å²) in [6, 6.07) is -0.374. The zero-order chi connectivity index (χ0) is 19.7. The summed E-state index contributed by atoms with van der Waals surface area (Å²) >= 11 is 11.3. The molecule has 2 rings (SSSR count). The number of hydrogen-bond acceptors (Lipinski definition) is 7. The molecule has 13 heteroatoms. The quantitative estimate of drug-likeness (QED) is 0.781. The summed E-state index contributed by atoms with van der Waals surface area (Å²) in [4.78, 5) is 24.6. The van der Waals surface area contributed by atoms with E-state index in [9.17, 15) is 13.2 Å². The van der Waals surface area contributed by atoms with Gasteiger partial charge in [-0.2, -0.15) is 27.7 Å². The number of carbonyl (C=O) groups excluding carboxylic acids is 1. The third-order valence-electron chi connectivity index (χ3n) is 3.36. The van der Waals surface area contributed by atoms with Gasteiger partial charge in [0.2, 0.25) is 16.5 Å². The lowest BCUT2D eigenvalue weighted by atomic mass is 10.2. The standard InChI is InChI=1S/C13H20Cl2N6O4S/c1-8-7-20(5-6-21(8)12(22)25-13(2,3)4)26(23,24)19-11-17-9(14)16-10(15)18-11/h8H,5-7H2,1-4H3,(H,16,17,18,19)/t8-/m0/s1. The number of aromatic nitrogens is 3. The molecule has 0 spiro atoms. The molecule has 26 heavy (non-hydrogen) atoms. The Morgan fingerprint density at radius 3 is 2.27 bits per heavy atom. The van der Waals surface area contributed by atoms with Gasteiger partial charge >= 0.3 is 16.3 Å². The number of halogens is 2. The first-order valence-corrected chi connectivity index (χ1v) is 9.91. The van der Waals surface area contributed by atoms with E-state index >= 15 is 0 Å².